The molecule has 80 valence electrons. The highest BCUT2D eigenvalue weighted by atomic mass is 16.6. The van der Waals surface area contributed by atoms with E-state index in [0.29, 0.717) is 13.2 Å². The summed E-state index contributed by atoms with van der Waals surface area (Å²) in [6, 6.07) is 1.36. The van der Waals surface area contributed by atoms with Gasteiger partial charge >= 0.3 is 11.2 Å². The molecule has 1 saturated heterocycles. The van der Waals surface area contributed by atoms with Crippen molar-refractivity contribution in [3.05, 3.63) is 32.7 Å². The number of nitrogens with one attached hydrogen (secondary N) is 1. The monoisotopic (exact) mass is 212 g/mol. The summed E-state index contributed by atoms with van der Waals surface area (Å²) in [6.07, 6.45) is 1.11. The first-order chi connectivity index (χ1) is 7.18. The maximum atomic E-state index is 11.2. The van der Waals surface area contributed by atoms with Crippen LogP contribution in [0.4, 0.5) is 5.69 Å². The van der Waals surface area contributed by atoms with E-state index in [1.165, 1.54) is 12.3 Å². The molecule has 1 fully saturated rings. The lowest BCUT2D eigenvalue weighted by atomic mass is 10.3. The average Bonchev–Trinajstić information content (AvgIpc) is 2.10. The molecule has 0 radical (unpaired) electrons. The zero-order valence-electron chi connectivity index (χ0n) is 7.63. The van der Waals surface area contributed by atoms with Crippen LogP contribution in [0.25, 0.3) is 0 Å². The maximum absolute atomic E-state index is 11.2. The molecular weight excluding hydrogens is 204 g/mol. The number of hydrogen-bond acceptors (Lipinski definition) is 5. The summed E-state index contributed by atoms with van der Waals surface area (Å²) in [7, 11) is 0. The Hall–Kier alpha value is -1.89. The smallest absolute Gasteiger partial charge is 0.375 e. The van der Waals surface area contributed by atoms with Gasteiger partial charge in [-0.1, -0.05) is 0 Å². The Morgan fingerprint density at radius 1 is 1.60 bits per heavy atom. The standard InChI is InChI=1S/C8H8N2O5/c11-8-7(10(12)13)6(1-2-9-8)15-5-3-14-4-5/h1-2,5H,3-4H2,(H,9,11). The first-order valence-corrected chi connectivity index (χ1v) is 4.29. The molecule has 2 heterocycles. The lowest BCUT2D eigenvalue weighted by Gasteiger charge is -2.26. The number of hydrogen-bond donors (Lipinski definition) is 1. The summed E-state index contributed by atoms with van der Waals surface area (Å²) in [5, 5.41) is 10.6. The minimum Gasteiger partial charge on any atom is -0.478 e. The molecule has 1 aliphatic rings. The molecule has 7 heteroatoms. The number of nitro groups is 1. The van der Waals surface area contributed by atoms with Gasteiger partial charge in [0.15, 0.2) is 0 Å². The van der Waals surface area contributed by atoms with Gasteiger partial charge in [-0.05, 0) is 0 Å². The third-order valence-corrected chi connectivity index (χ3v) is 1.98. The van der Waals surface area contributed by atoms with E-state index in [1.807, 2.05) is 0 Å². The summed E-state index contributed by atoms with van der Waals surface area (Å²) in [4.78, 5) is 23.2. The van der Waals surface area contributed by atoms with Crippen molar-refractivity contribution in [3.8, 4) is 5.75 Å². The van der Waals surface area contributed by atoms with Crippen molar-refractivity contribution in [1.82, 2.24) is 4.98 Å². The molecule has 15 heavy (non-hydrogen) atoms. The van der Waals surface area contributed by atoms with Crippen molar-refractivity contribution in [2.75, 3.05) is 13.2 Å². The molecule has 1 aromatic heterocycles. The van der Waals surface area contributed by atoms with E-state index < -0.39 is 16.2 Å². The van der Waals surface area contributed by atoms with Gasteiger partial charge in [-0.2, -0.15) is 0 Å². The predicted octanol–water partition coefficient (Wildman–Crippen LogP) is 0.0607. The zero-order chi connectivity index (χ0) is 10.8. The molecule has 0 unspecified atom stereocenters. The Balaban J connectivity index is 2.32. The number of H-pyrrole nitrogens is 1. The summed E-state index contributed by atoms with van der Waals surface area (Å²) < 4.78 is 10.1. The summed E-state index contributed by atoms with van der Waals surface area (Å²) in [6.45, 7) is 0.786. The van der Waals surface area contributed by atoms with Gasteiger partial charge in [-0.3, -0.25) is 14.9 Å². The van der Waals surface area contributed by atoms with Crippen LogP contribution in [0.15, 0.2) is 17.1 Å². The Kier molecular flexibility index (Phi) is 2.38. The van der Waals surface area contributed by atoms with Gasteiger partial charge in [0.25, 0.3) is 0 Å². The number of aromatic amines is 1. The quantitative estimate of drug-likeness (QED) is 0.564. The normalized spacial score (nSPS) is 15.7. The van der Waals surface area contributed by atoms with Gasteiger partial charge < -0.3 is 14.5 Å². The fourth-order valence-electron chi connectivity index (χ4n) is 1.18. The molecule has 1 aliphatic heterocycles. The van der Waals surface area contributed by atoms with E-state index in [0.717, 1.165) is 0 Å². The van der Waals surface area contributed by atoms with Crippen LogP contribution in [-0.2, 0) is 4.74 Å². The molecule has 0 saturated carbocycles. The molecule has 1 N–H and O–H groups in total. The van der Waals surface area contributed by atoms with Gasteiger partial charge in [0, 0.05) is 12.3 Å². The topological polar surface area (TPSA) is 94.5 Å². The highest BCUT2D eigenvalue weighted by Crippen LogP contribution is 2.23. The molecule has 1 aromatic rings. The molecule has 0 spiro atoms. The molecule has 2 rings (SSSR count). The number of ether oxygens (including phenoxy) is 2. The van der Waals surface area contributed by atoms with Gasteiger partial charge in [0.05, 0.1) is 18.1 Å². The molecule has 0 bridgehead atoms. The third-order valence-electron chi connectivity index (χ3n) is 1.98. The van der Waals surface area contributed by atoms with Crippen LogP contribution in [-0.4, -0.2) is 29.2 Å². The van der Waals surface area contributed by atoms with Crippen LogP contribution >= 0.6 is 0 Å². The first kappa shape index (κ1) is 9.66. The van der Waals surface area contributed by atoms with Crippen LogP contribution in [0, 0.1) is 10.1 Å². The molecule has 7 nitrogen and oxygen atoms in total. The largest absolute Gasteiger partial charge is 0.478 e. The molecular formula is C8H8N2O5. The van der Waals surface area contributed by atoms with Crippen LogP contribution in [0.1, 0.15) is 0 Å². The van der Waals surface area contributed by atoms with E-state index in [9.17, 15) is 14.9 Å². The first-order valence-electron chi connectivity index (χ1n) is 4.29. The molecule has 0 aliphatic carbocycles. The minimum atomic E-state index is -0.766. The Morgan fingerprint density at radius 3 is 2.87 bits per heavy atom. The number of nitrogens with zero attached hydrogens (tertiary/aromatic N) is 1. The second-order valence-corrected chi connectivity index (χ2v) is 3.05. The number of pyridine rings is 1. The van der Waals surface area contributed by atoms with E-state index in [2.05, 4.69) is 4.98 Å². The lowest BCUT2D eigenvalue weighted by molar-refractivity contribution is -0.387. The van der Waals surface area contributed by atoms with Gasteiger partial charge in [0.1, 0.15) is 6.10 Å². The highest BCUT2D eigenvalue weighted by molar-refractivity contribution is 5.43. The van der Waals surface area contributed by atoms with Crippen molar-refractivity contribution in [2.45, 2.75) is 6.10 Å². The summed E-state index contributed by atoms with van der Waals surface area (Å²) in [5.74, 6) is -0.0166. The second-order valence-electron chi connectivity index (χ2n) is 3.05. The minimum absolute atomic E-state index is 0.0166. The lowest BCUT2D eigenvalue weighted by Crippen LogP contribution is -2.39. The fraction of sp³-hybridized carbons (Fsp3) is 0.375. The van der Waals surface area contributed by atoms with Crippen molar-refractivity contribution in [3.63, 3.8) is 0 Å². The number of rotatable bonds is 3. The number of aromatic nitrogens is 1. The van der Waals surface area contributed by atoms with Gasteiger partial charge in [-0.25, -0.2) is 0 Å². The second kappa shape index (κ2) is 3.70. The van der Waals surface area contributed by atoms with Gasteiger partial charge in [0.2, 0.25) is 5.75 Å². The molecule has 0 atom stereocenters. The van der Waals surface area contributed by atoms with E-state index in [1.54, 1.807) is 0 Å². The maximum Gasteiger partial charge on any atom is 0.375 e. The fourth-order valence-corrected chi connectivity index (χ4v) is 1.18. The zero-order valence-corrected chi connectivity index (χ0v) is 7.63. The van der Waals surface area contributed by atoms with Crippen LogP contribution in [0.3, 0.4) is 0 Å². The van der Waals surface area contributed by atoms with Crippen molar-refractivity contribution in [2.24, 2.45) is 0 Å². The Morgan fingerprint density at radius 2 is 2.33 bits per heavy atom. The Labute approximate surface area is 83.8 Å². The van der Waals surface area contributed by atoms with Crippen LogP contribution in [0.5, 0.6) is 5.75 Å². The third kappa shape index (κ3) is 1.82. The highest BCUT2D eigenvalue weighted by Gasteiger charge is 2.26. The van der Waals surface area contributed by atoms with E-state index in [-0.39, 0.29) is 11.9 Å². The van der Waals surface area contributed by atoms with E-state index >= 15 is 0 Å². The SMILES string of the molecule is O=c1[nH]ccc(OC2COC2)c1[N+](=O)[O-]. The average molecular weight is 212 g/mol. The molecule has 0 aromatic carbocycles. The molecule has 0 amide bonds. The van der Waals surface area contributed by atoms with Crippen molar-refractivity contribution < 1.29 is 14.4 Å². The Bertz CT molecular complexity index is 437. The summed E-state index contributed by atoms with van der Waals surface area (Å²) in [5.41, 5.74) is -1.33. The van der Waals surface area contributed by atoms with Crippen LogP contribution in [0.2, 0.25) is 0 Å². The predicted molar refractivity (Wildman–Crippen MR) is 49.0 cm³/mol. The van der Waals surface area contributed by atoms with Crippen molar-refractivity contribution in [1.29, 1.82) is 0 Å². The van der Waals surface area contributed by atoms with Crippen molar-refractivity contribution >= 4 is 5.69 Å². The van der Waals surface area contributed by atoms with E-state index in [4.69, 9.17) is 9.47 Å². The van der Waals surface area contributed by atoms with Gasteiger partial charge in [-0.15, -0.1) is 0 Å². The summed E-state index contributed by atoms with van der Waals surface area (Å²) >= 11 is 0. The van der Waals surface area contributed by atoms with Crippen LogP contribution < -0.4 is 10.3 Å².